The maximum atomic E-state index is 11.9. The van der Waals surface area contributed by atoms with Crippen LogP contribution in [0.3, 0.4) is 0 Å². The number of nitrogens with zero attached hydrogens (tertiary/aromatic N) is 1. The van der Waals surface area contributed by atoms with Gasteiger partial charge in [0.15, 0.2) is 0 Å². The summed E-state index contributed by atoms with van der Waals surface area (Å²) >= 11 is 0. The van der Waals surface area contributed by atoms with Crippen molar-refractivity contribution >= 4 is 13.0 Å². The van der Waals surface area contributed by atoms with Crippen LogP contribution in [-0.4, -0.2) is 12.5 Å². The Morgan fingerprint density at radius 3 is 2.42 bits per heavy atom. The topological polar surface area (TPSA) is 12.9 Å². The monoisotopic (exact) mass is 176 g/mol. The van der Waals surface area contributed by atoms with E-state index in [4.69, 9.17) is 0 Å². The van der Waals surface area contributed by atoms with E-state index in [9.17, 15) is 17.5 Å². The molecule has 0 aliphatic carbocycles. The molecule has 0 aliphatic rings. The van der Waals surface area contributed by atoms with Crippen LogP contribution in [0.15, 0.2) is 18.5 Å². The molecule has 1 aromatic rings. The summed E-state index contributed by atoms with van der Waals surface area (Å²) in [5.74, 6) is 0. The first-order valence-corrected chi connectivity index (χ1v) is 2.99. The predicted molar refractivity (Wildman–Crippen MR) is 35.7 cm³/mol. The Morgan fingerprint density at radius 2 is 1.92 bits per heavy atom. The van der Waals surface area contributed by atoms with Crippen LogP contribution in [-0.2, 0) is 6.18 Å². The number of hydrogen-bond donors (Lipinski definition) is 0. The Bertz CT molecular complexity index is 272. The van der Waals surface area contributed by atoms with Crippen molar-refractivity contribution in [1.29, 1.82) is 0 Å². The summed E-state index contributed by atoms with van der Waals surface area (Å²) < 4.78 is 47.5. The first-order valence-electron chi connectivity index (χ1n) is 2.99. The van der Waals surface area contributed by atoms with Crippen LogP contribution in [0.25, 0.3) is 0 Å². The van der Waals surface area contributed by atoms with E-state index < -0.39 is 11.7 Å². The normalized spacial score (nSPS) is 11.3. The Balaban J connectivity index is 3.02. The van der Waals surface area contributed by atoms with Gasteiger partial charge in [0, 0.05) is 12.4 Å². The molecule has 1 aromatic heterocycles. The molecule has 0 amide bonds. The average molecular weight is 176 g/mol. The Hall–Kier alpha value is -1.07. The minimum absolute atomic E-state index is 0.0717. The highest BCUT2D eigenvalue weighted by Crippen LogP contribution is 2.27. The fourth-order valence-electron chi connectivity index (χ4n) is 0.672. The quantitative estimate of drug-likeness (QED) is 0.464. The minimum Gasteiger partial charge on any atom is -0.335 e. The number of hydrogen-bond acceptors (Lipinski definition) is 1. The molecule has 0 bridgehead atoms. The van der Waals surface area contributed by atoms with E-state index in [2.05, 4.69) is 4.98 Å². The second-order valence-electron chi connectivity index (χ2n) is 2.11. The van der Waals surface area contributed by atoms with Crippen molar-refractivity contribution in [2.24, 2.45) is 0 Å². The largest absolute Gasteiger partial charge is 0.417 e. The molecule has 6 heteroatoms. The molecule has 12 heavy (non-hydrogen) atoms. The van der Waals surface area contributed by atoms with Crippen LogP contribution in [0, 0.1) is 0 Å². The van der Waals surface area contributed by atoms with Crippen molar-refractivity contribution in [2.45, 2.75) is 6.18 Å². The third kappa shape index (κ3) is 1.96. The van der Waals surface area contributed by atoms with Crippen LogP contribution in [0.1, 0.15) is 5.56 Å². The van der Waals surface area contributed by atoms with E-state index in [1.807, 2.05) is 0 Å². The molecule has 1 radical (unpaired) electrons. The molecule has 1 nitrogen and oxygen atoms in total. The van der Waals surface area contributed by atoms with E-state index in [1.165, 1.54) is 0 Å². The van der Waals surface area contributed by atoms with Crippen molar-refractivity contribution in [1.82, 2.24) is 4.98 Å². The van der Waals surface area contributed by atoms with Gasteiger partial charge < -0.3 is 4.32 Å². The van der Waals surface area contributed by atoms with Crippen LogP contribution in [0.2, 0.25) is 0 Å². The molecule has 0 atom stereocenters. The lowest BCUT2D eigenvalue weighted by atomic mass is 9.92. The molecular formula is C6H3BF4N. The SMILES string of the molecule is F[B]c1cncc(C(F)(F)F)c1. The fraction of sp³-hybridized carbons (Fsp3) is 0.167. The zero-order valence-electron chi connectivity index (χ0n) is 5.77. The molecule has 1 heterocycles. The van der Waals surface area contributed by atoms with Crippen molar-refractivity contribution in [3.63, 3.8) is 0 Å². The summed E-state index contributed by atoms with van der Waals surface area (Å²) in [7, 11) is 0.0717. The molecule has 0 N–H and O–H groups in total. The second-order valence-corrected chi connectivity index (χ2v) is 2.11. The van der Waals surface area contributed by atoms with Gasteiger partial charge in [0.25, 0.3) is 0 Å². The van der Waals surface area contributed by atoms with Crippen LogP contribution < -0.4 is 5.46 Å². The molecule has 0 fully saturated rings. The lowest BCUT2D eigenvalue weighted by molar-refractivity contribution is -0.137. The average Bonchev–Trinajstić information content (AvgIpc) is 2.03. The minimum atomic E-state index is -4.47. The second kappa shape index (κ2) is 3.12. The van der Waals surface area contributed by atoms with E-state index >= 15 is 0 Å². The van der Waals surface area contributed by atoms with Gasteiger partial charge in [-0.2, -0.15) is 13.2 Å². The molecule has 0 aromatic carbocycles. The van der Waals surface area contributed by atoms with E-state index in [1.54, 1.807) is 0 Å². The Morgan fingerprint density at radius 1 is 1.25 bits per heavy atom. The van der Waals surface area contributed by atoms with Crippen molar-refractivity contribution < 1.29 is 17.5 Å². The van der Waals surface area contributed by atoms with Gasteiger partial charge in [0.05, 0.1) is 5.56 Å². The smallest absolute Gasteiger partial charge is 0.335 e. The summed E-state index contributed by atoms with van der Waals surface area (Å²) in [6, 6.07) is 0.688. The van der Waals surface area contributed by atoms with Crippen LogP contribution >= 0.6 is 0 Å². The Labute approximate surface area is 66.7 Å². The van der Waals surface area contributed by atoms with Gasteiger partial charge in [-0.05, 0) is 5.46 Å². The van der Waals surface area contributed by atoms with E-state index in [-0.39, 0.29) is 13.0 Å². The van der Waals surface area contributed by atoms with Gasteiger partial charge in [0.1, 0.15) is 0 Å². The summed E-state index contributed by atoms with van der Waals surface area (Å²) in [5.41, 5.74) is -1.14. The number of alkyl halides is 3. The standard InChI is InChI=1S/C6H3BF4N/c8-6(9,10)4-1-5(7-11)3-12-2-4/h1-3H. The van der Waals surface area contributed by atoms with Gasteiger partial charge in [-0.25, -0.2) is 0 Å². The van der Waals surface area contributed by atoms with E-state index in [0.717, 1.165) is 6.20 Å². The van der Waals surface area contributed by atoms with Crippen LogP contribution in [0.5, 0.6) is 0 Å². The van der Waals surface area contributed by atoms with Gasteiger partial charge >= 0.3 is 13.7 Å². The lowest BCUT2D eigenvalue weighted by Gasteiger charge is -2.05. The number of halogens is 4. The third-order valence-corrected chi connectivity index (χ3v) is 1.21. The zero-order chi connectivity index (χ0) is 9.19. The highest BCUT2D eigenvalue weighted by atomic mass is 19.4. The summed E-state index contributed by atoms with van der Waals surface area (Å²) in [5, 5.41) is 0. The predicted octanol–water partition coefficient (Wildman–Crippen LogP) is 1.31. The first-order chi connectivity index (χ1) is 5.54. The molecule has 0 unspecified atom stereocenters. The van der Waals surface area contributed by atoms with E-state index in [0.29, 0.717) is 12.3 Å². The molecule has 1 rings (SSSR count). The molecule has 0 spiro atoms. The van der Waals surface area contributed by atoms with Gasteiger partial charge in [-0.1, -0.05) is 6.07 Å². The number of rotatable bonds is 1. The fourth-order valence-corrected chi connectivity index (χ4v) is 0.672. The Kier molecular flexibility index (Phi) is 2.35. The molecule has 63 valence electrons. The number of aromatic nitrogens is 1. The lowest BCUT2D eigenvalue weighted by Crippen LogP contribution is -2.15. The molecule has 0 aliphatic heterocycles. The first kappa shape index (κ1) is 9.03. The molecular weight excluding hydrogens is 173 g/mol. The van der Waals surface area contributed by atoms with Gasteiger partial charge in [-0.3, -0.25) is 4.98 Å². The number of pyridine rings is 1. The summed E-state index contributed by atoms with van der Waals surface area (Å²) in [6.45, 7) is 0. The highest BCUT2D eigenvalue weighted by Gasteiger charge is 2.30. The summed E-state index contributed by atoms with van der Waals surface area (Å²) in [4.78, 5) is 3.23. The van der Waals surface area contributed by atoms with Crippen molar-refractivity contribution in [3.05, 3.63) is 24.0 Å². The molecule has 0 saturated carbocycles. The van der Waals surface area contributed by atoms with Crippen molar-refractivity contribution in [3.8, 4) is 0 Å². The third-order valence-electron chi connectivity index (χ3n) is 1.21. The maximum absolute atomic E-state index is 11.9. The highest BCUT2D eigenvalue weighted by molar-refractivity contribution is 6.46. The van der Waals surface area contributed by atoms with Gasteiger partial charge in [0.2, 0.25) is 0 Å². The van der Waals surface area contributed by atoms with Crippen molar-refractivity contribution in [2.75, 3.05) is 0 Å². The maximum Gasteiger partial charge on any atom is 0.417 e. The summed E-state index contributed by atoms with van der Waals surface area (Å²) in [6.07, 6.45) is -2.81. The van der Waals surface area contributed by atoms with Crippen LogP contribution in [0.4, 0.5) is 17.5 Å². The zero-order valence-corrected chi connectivity index (χ0v) is 5.77. The van der Waals surface area contributed by atoms with Gasteiger partial charge in [-0.15, -0.1) is 0 Å². The molecule has 0 saturated heterocycles.